The second-order valence-corrected chi connectivity index (χ2v) is 4.67. The van der Waals surface area contributed by atoms with Crippen molar-refractivity contribution >= 4 is 28.5 Å². The zero-order valence-corrected chi connectivity index (χ0v) is 10.8. The molecule has 0 saturated heterocycles. The number of aromatic amines is 1. The molecule has 0 unspecified atom stereocenters. The molecule has 0 aliphatic carbocycles. The van der Waals surface area contributed by atoms with E-state index in [9.17, 15) is 9.18 Å². The van der Waals surface area contributed by atoms with Gasteiger partial charge in [0.05, 0.1) is 21.8 Å². The number of aromatic nitrogens is 2. The first-order valence-electron chi connectivity index (χ1n) is 5.73. The van der Waals surface area contributed by atoms with E-state index in [1.54, 1.807) is 12.1 Å². The lowest BCUT2D eigenvalue weighted by Gasteiger charge is -2.01. The molecule has 0 fully saturated rings. The predicted octanol–water partition coefficient (Wildman–Crippen LogP) is 3.72. The van der Waals surface area contributed by atoms with Crippen molar-refractivity contribution in [1.82, 2.24) is 10.2 Å². The Labute approximate surface area is 117 Å². The molecular formula is C14H8ClFN2O2. The van der Waals surface area contributed by atoms with E-state index in [1.807, 2.05) is 0 Å². The normalized spacial score (nSPS) is 10.9. The summed E-state index contributed by atoms with van der Waals surface area (Å²) in [5.41, 5.74) is 2.01. The molecule has 0 bridgehead atoms. The smallest absolute Gasteiger partial charge is 0.335 e. The van der Waals surface area contributed by atoms with Crippen LogP contribution >= 0.6 is 11.6 Å². The number of carboxylic acid groups (broad SMARTS) is 1. The van der Waals surface area contributed by atoms with Gasteiger partial charge in [0.2, 0.25) is 0 Å². The molecule has 1 aromatic heterocycles. The van der Waals surface area contributed by atoms with E-state index < -0.39 is 11.8 Å². The van der Waals surface area contributed by atoms with Gasteiger partial charge in [-0.05, 0) is 36.4 Å². The molecule has 0 aliphatic rings. The largest absolute Gasteiger partial charge is 0.478 e. The second-order valence-electron chi connectivity index (χ2n) is 4.27. The summed E-state index contributed by atoms with van der Waals surface area (Å²) in [5, 5.41) is 16.6. The molecule has 6 heteroatoms. The van der Waals surface area contributed by atoms with Crippen LogP contribution in [0.2, 0.25) is 5.02 Å². The molecule has 20 heavy (non-hydrogen) atoms. The molecule has 3 aromatic rings. The van der Waals surface area contributed by atoms with Gasteiger partial charge in [0, 0.05) is 10.9 Å². The Kier molecular flexibility index (Phi) is 2.91. The molecular weight excluding hydrogens is 283 g/mol. The zero-order chi connectivity index (χ0) is 14.3. The van der Waals surface area contributed by atoms with Crippen LogP contribution in [0.25, 0.3) is 22.2 Å². The molecule has 0 saturated carbocycles. The summed E-state index contributed by atoms with van der Waals surface area (Å²) in [6.07, 6.45) is 0. The van der Waals surface area contributed by atoms with Crippen LogP contribution in [-0.2, 0) is 0 Å². The van der Waals surface area contributed by atoms with E-state index in [4.69, 9.17) is 16.7 Å². The molecule has 0 atom stereocenters. The van der Waals surface area contributed by atoms with Gasteiger partial charge in [-0.3, -0.25) is 5.10 Å². The lowest BCUT2D eigenvalue weighted by Crippen LogP contribution is -1.95. The number of carbonyl (C=O) groups is 1. The number of benzene rings is 2. The number of hydrogen-bond acceptors (Lipinski definition) is 2. The number of nitrogens with zero attached hydrogens (tertiary/aromatic N) is 1. The average Bonchev–Trinajstić information content (AvgIpc) is 2.84. The SMILES string of the molecule is O=C(O)c1ccc2[nH]nc(-c3ccc(F)c(Cl)c3)c2c1. The number of rotatable bonds is 2. The van der Waals surface area contributed by atoms with Crippen LogP contribution in [0.3, 0.4) is 0 Å². The first kappa shape index (κ1) is 12.6. The molecule has 0 radical (unpaired) electrons. The summed E-state index contributed by atoms with van der Waals surface area (Å²) >= 11 is 5.76. The third-order valence-electron chi connectivity index (χ3n) is 3.00. The summed E-state index contributed by atoms with van der Waals surface area (Å²) in [6, 6.07) is 8.90. The number of halogens is 2. The Morgan fingerprint density at radius 3 is 2.75 bits per heavy atom. The van der Waals surface area contributed by atoms with Crippen LogP contribution in [0.1, 0.15) is 10.4 Å². The number of fused-ring (bicyclic) bond motifs is 1. The van der Waals surface area contributed by atoms with Crippen LogP contribution in [0.4, 0.5) is 4.39 Å². The summed E-state index contributed by atoms with van der Waals surface area (Å²) in [4.78, 5) is 11.0. The van der Waals surface area contributed by atoms with Crippen molar-refractivity contribution < 1.29 is 14.3 Å². The summed E-state index contributed by atoms with van der Waals surface area (Å²) in [6.45, 7) is 0. The summed E-state index contributed by atoms with van der Waals surface area (Å²) in [5.74, 6) is -1.53. The fourth-order valence-corrected chi connectivity index (χ4v) is 2.19. The fourth-order valence-electron chi connectivity index (χ4n) is 2.01. The van der Waals surface area contributed by atoms with Gasteiger partial charge in [-0.1, -0.05) is 11.6 Å². The van der Waals surface area contributed by atoms with Crippen LogP contribution in [0, 0.1) is 5.82 Å². The Bertz CT molecular complexity index is 829. The van der Waals surface area contributed by atoms with Gasteiger partial charge in [-0.25, -0.2) is 9.18 Å². The standard InChI is InChI=1S/C14H8ClFN2O2/c15-10-6-7(1-3-11(10)16)13-9-5-8(14(19)20)2-4-12(9)17-18-13/h1-6H,(H,17,18)(H,19,20). The maximum absolute atomic E-state index is 13.2. The lowest BCUT2D eigenvalue weighted by molar-refractivity contribution is 0.0697. The average molecular weight is 291 g/mol. The van der Waals surface area contributed by atoms with Crippen LogP contribution < -0.4 is 0 Å². The first-order valence-corrected chi connectivity index (χ1v) is 6.11. The van der Waals surface area contributed by atoms with Gasteiger partial charge in [-0.2, -0.15) is 5.10 Å². The molecule has 100 valence electrons. The van der Waals surface area contributed by atoms with Gasteiger partial charge in [-0.15, -0.1) is 0 Å². The highest BCUT2D eigenvalue weighted by atomic mass is 35.5. The van der Waals surface area contributed by atoms with Crippen molar-refractivity contribution in [3.63, 3.8) is 0 Å². The Hall–Kier alpha value is -2.40. The molecule has 2 aromatic carbocycles. The topological polar surface area (TPSA) is 66.0 Å². The number of aromatic carboxylic acids is 1. The Morgan fingerprint density at radius 2 is 2.05 bits per heavy atom. The van der Waals surface area contributed by atoms with Crippen molar-refractivity contribution in [3.8, 4) is 11.3 Å². The van der Waals surface area contributed by atoms with Gasteiger partial charge in [0.15, 0.2) is 0 Å². The van der Waals surface area contributed by atoms with Crippen LogP contribution in [0.5, 0.6) is 0 Å². The monoisotopic (exact) mass is 290 g/mol. The van der Waals surface area contributed by atoms with E-state index >= 15 is 0 Å². The van der Waals surface area contributed by atoms with Gasteiger partial charge < -0.3 is 5.11 Å². The van der Waals surface area contributed by atoms with E-state index in [-0.39, 0.29) is 10.6 Å². The van der Waals surface area contributed by atoms with Crippen molar-refractivity contribution in [2.24, 2.45) is 0 Å². The van der Waals surface area contributed by atoms with E-state index in [1.165, 1.54) is 24.3 Å². The minimum absolute atomic E-state index is 0.00645. The minimum Gasteiger partial charge on any atom is -0.478 e. The van der Waals surface area contributed by atoms with Gasteiger partial charge >= 0.3 is 5.97 Å². The van der Waals surface area contributed by atoms with Crippen molar-refractivity contribution in [3.05, 3.63) is 52.8 Å². The van der Waals surface area contributed by atoms with Crippen LogP contribution in [-0.4, -0.2) is 21.3 Å². The molecule has 0 aliphatic heterocycles. The van der Waals surface area contributed by atoms with Crippen molar-refractivity contribution in [2.45, 2.75) is 0 Å². The maximum Gasteiger partial charge on any atom is 0.335 e. The highest BCUT2D eigenvalue weighted by molar-refractivity contribution is 6.31. The molecule has 2 N–H and O–H groups in total. The number of carboxylic acids is 1. The van der Waals surface area contributed by atoms with E-state index in [0.717, 1.165) is 0 Å². The number of hydrogen-bond donors (Lipinski definition) is 2. The quantitative estimate of drug-likeness (QED) is 0.756. The van der Waals surface area contributed by atoms with Crippen LogP contribution in [0.15, 0.2) is 36.4 Å². The number of nitrogens with one attached hydrogen (secondary N) is 1. The third kappa shape index (κ3) is 2.02. The molecule has 0 spiro atoms. The predicted molar refractivity (Wildman–Crippen MR) is 73.5 cm³/mol. The minimum atomic E-state index is -1.02. The lowest BCUT2D eigenvalue weighted by atomic mass is 10.1. The van der Waals surface area contributed by atoms with Crippen molar-refractivity contribution in [2.75, 3.05) is 0 Å². The molecule has 1 heterocycles. The molecule has 4 nitrogen and oxygen atoms in total. The summed E-state index contributed by atoms with van der Waals surface area (Å²) in [7, 11) is 0. The number of H-pyrrole nitrogens is 1. The van der Waals surface area contributed by atoms with E-state index in [0.29, 0.717) is 22.2 Å². The highest BCUT2D eigenvalue weighted by Gasteiger charge is 2.12. The van der Waals surface area contributed by atoms with Gasteiger partial charge in [0.1, 0.15) is 5.82 Å². The van der Waals surface area contributed by atoms with Crippen molar-refractivity contribution in [1.29, 1.82) is 0 Å². The first-order chi connectivity index (χ1) is 9.56. The highest BCUT2D eigenvalue weighted by Crippen LogP contribution is 2.29. The Morgan fingerprint density at radius 1 is 1.25 bits per heavy atom. The molecule has 0 amide bonds. The fraction of sp³-hybridized carbons (Fsp3) is 0. The second kappa shape index (κ2) is 4.61. The molecule has 3 rings (SSSR count). The maximum atomic E-state index is 13.2. The Balaban J connectivity index is 2.22. The van der Waals surface area contributed by atoms with E-state index in [2.05, 4.69) is 10.2 Å². The van der Waals surface area contributed by atoms with Gasteiger partial charge in [0.25, 0.3) is 0 Å². The third-order valence-corrected chi connectivity index (χ3v) is 3.29. The summed E-state index contributed by atoms with van der Waals surface area (Å²) < 4.78 is 13.2. The zero-order valence-electron chi connectivity index (χ0n) is 10.0.